The third-order valence-electron chi connectivity index (χ3n) is 3.62. The minimum atomic E-state index is 0.0139. The molecular weight excluding hydrogens is 296 g/mol. The van der Waals surface area contributed by atoms with Crippen molar-refractivity contribution in [1.82, 2.24) is 10.1 Å². The van der Waals surface area contributed by atoms with Crippen LogP contribution in [0.1, 0.15) is 19.1 Å². The van der Waals surface area contributed by atoms with Crippen molar-refractivity contribution in [3.63, 3.8) is 0 Å². The van der Waals surface area contributed by atoms with Gasteiger partial charge in [0.15, 0.2) is 0 Å². The average molecular weight is 318 g/mol. The molecule has 0 N–H and O–H groups in total. The molecule has 0 bridgehead atoms. The van der Waals surface area contributed by atoms with E-state index in [9.17, 15) is 4.79 Å². The predicted molar refractivity (Wildman–Crippen MR) is 90.9 cm³/mol. The van der Waals surface area contributed by atoms with Crippen LogP contribution in [0.2, 0.25) is 0 Å². The first kappa shape index (κ1) is 16.6. The third kappa shape index (κ3) is 4.37. The minimum absolute atomic E-state index is 0.0139. The van der Waals surface area contributed by atoms with Crippen LogP contribution < -0.4 is 0 Å². The van der Waals surface area contributed by atoms with Crippen molar-refractivity contribution < 1.29 is 9.32 Å². The van der Waals surface area contributed by atoms with E-state index in [2.05, 4.69) is 5.16 Å². The largest absolute Gasteiger partial charge is 0.361 e. The fraction of sp³-hybridized carbons (Fsp3) is 0.412. The summed E-state index contributed by atoms with van der Waals surface area (Å²) in [5.41, 5.74) is 1.91. The van der Waals surface area contributed by atoms with Gasteiger partial charge >= 0.3 is 0 Å². The predicted octanol–water partition coefficient (Wildman–Crippen LogP) is 3.48. The number of carbonyl (C=O) groups excluding carboxylic acids is 1. The van der Waals surface area contributed by atoms with E-state index in [0.29, 0.717) is 0 Å². The summed E-state index contributed by atoms with van der Waals surface area (Å²) in [6.07, 6.45) is 3.61. The van der Waals surface area contributed by atoms with Gasteiger partial charge in [0.1, 0.15) is 11.5 Å². The number of amides is 1. The van der Waals surface area contributed by atoms with Gasteiger partial charge in [-0.25, -0.2) is 0 Å². The van der Waals surface area contributed by atoms with E-state index in [1.165, 1.54) is 0 Å². The van der Waals surface area contributed by atoms with Crippen molar-refractivity contribution in [2.75, 3.05) is 19.8 Å². The maximum Gasteiger partial charge on any atom is 0.235 e. The Morgan fingerprint density at radius 3 is 2.77 bits per heavy atom. The van der Waals surface area contributed by atoms with E-state index in [1.54, 1.807) is 16.7 Å². The van der Waals surface area contributed by atoms with Crippen LogP contribution in [0, 0.1) is 0 Å². The van der Waals surface area contributed by atoms with Crippen molar-refractivity contribution in [2.45, 2.75) is 25.0 Å². The number of hydrogen-bond acceptors (Lipinski definition) is 4. The average Bonchev–Trinajstić information content (AvgIpc) is 3.03. The van der Waals surface area contributed by atoms with Crippen LogP contribution in [0.25, 0.3) is 11.3 Å². The van der Waals surface area contributed by atoms with Gasteiger partial charge in [0.05, 0.1) is 5.25 Å². The first-order valence-electron chi connectivity index (χ1n) is 7.40. The number of aryl methyl sites for hydroxylation is 1. The lowest BCUT2D eigenvalue weighted by Gasteiger charge is -2.19. The van der Waals surface area contributed by atoms with Crippen molar-refractivity contribution in [1.29, 1.82) is 0 Å². The molecule has 1 aromatic carbocycles. The highest BCUT2D eigenvalue weighted by atomic mass is 32.2. The highest BCUT2D eigenvalue weighted by Crippen LogP contribution is 2.19. The number of benzene rings is 1. The smallest absolute Gasteiger partial charge is 0.235 e. The molecule has 0 unspecified atom stereocenters. The van der Waals surface area contributed by atoms with Gasteiger partial charge < -0.3 is 9.42 Å². The van der Waals surface area contributed by atoms with Gasteiger partial charge in [-0.2, -0.15) is 11.8 Å². The van der Waals surface area contributed by atoms with Crippen molar-refractivity contribution >= 4 is 17.7 Å². The molecule has 2 rings (SSSR count). The second-order valence-electron chi connectivity index (χ2n) is 5.29. The summed E-state index contributed by atoms with van der Waals surface area (Å²) in [7, 11) is 1.85. The molecule has 0 saturated carbocycles. The Morgan fingerprint density at radius 2 is 2.09 bits per heavy atom. The minimum Gasteiger partial charge on any atom is -0.361 e. The fourth-order valence-electron chi connectivity index (χ4n) is 2.19. The van der Waals surface area contributed by atoms with Crippen LogP contribution in [0.15, 0.2) is 40.9 Å². The number of carbonyl (C=O) groups is 1. The quantitative estimate of drug-likeness (QED) is 0.784. The van der Waals surface area contributed by atoms with E-state index >= 15 is 0 Å². The van der Waals surface area contributed by atoms with E-state index in [0.717, 1.165) is 36.4 Å². The number of hydrogen-bond donors (Lipinski definition) is 0. The van der Waals surface area contributed by atoms with Gasteiger partial charge in [-0.1, -0.05) is 35.5 Å². The zero-order valence-electron chi connectivity index (χ0n) is 13.3. The molecule has 1 amide bonds. The molecule has 2 aromatic rings. The van der Waals surface area contributed by atoms with Crippen LogP contribution in [-0.4, -0.2) is 41.1 Å². The van der Waals surface area contributed by atoms with Crippen molar-refractivity contribution in [2.24, 2.45) is 0 Å². The Bertz CT molecular complexity index is 598. The van der Waals surface area contributed by atoms with Crippen LogP contribution in [0.3, 0.4) is 0 Å². The van der Waals surface area contributed by atoms with Gasteiger partial charge in [0.2, 0.25) is 5.91 Å². The Balaban J connectivity index is 1.83. The molecular formula is C17H22N2O2S. The molecule has 0 spiro atoms. The Morgan fingerprint density at radius 1 is 1.36 bits per heavy atom. The van der Waals surface area contributed by atoms with E-state index in [4.69, 9.17) is 4.52 Å². The summed E-state index contributed by atoms with van der Waals surface area (Å²) in [5.74, 6) is 1.03. The van der Waals surface area contributed by atoms with E-state index < -0.39 is 0 Å². The lowest BCUT2D eigenvalue weighted by Crippen LogP contribution is -2.34. The molecule has 0 aliphatic heterocycles. The SMILES string of the molecule is CS[C@@H](C)C(=O)N(C)CCCc1cc(-c2ccccc2)no1. The van der Waals surface area contributed by atoms with Crippen LogP contribution in [0.5, 0.6) is 0 Å². The monoisotopic (exact) mass is 318 g/mol. The van der Waals surface area contributed by atoms with Gasteiger partial charge in [-0.05, 0) is 19.6 Å². The fourth-order valence-corrected chi connectivity index (χ4v) is 2.57. The second-order valence-corrected chi connectivity index (χ2v) is 6.46. The number of thioether (sulfide) groups is 1. The van der Waals surface area contributed by atoms with Gasteiger partial charge in [0, 0.05) is 31.6 Å². The molecule has 0 radical (unpaired) electrons. The first-order valence-corrected chi connectivity index (χ1v) is 8.69. The molecule has 1 heterocycles. The van der Waals surface area contributed by atoms with Crippen LogP contribution in [-0.2, 0) is 11.2 Å². The summed E-state index contributed by atoms with van der Waals surface area (Å²) in [6.45, 7) is 2.66. The lowest BCUT2D eigenvalue weighted by molar-refractivity contribution is -0.129. The second kappa shape index (κ2) is 8.03. The molecule has 0 aliphatic rings. The number of nitrogens with zero attached hydrogens (tertiary/aromatic N) is 2. The molecule has 0 saturated heterocycles. The highest BCUT2D eigenvalue weighted by Gasteiger charge is 2.16. The van der Waals surface area contributed by atoms with Gasteiger partial charge in [-0.3, -0.25) is 4.79 Å². The Labute approximate surface area is 135 Å². The number of aromatic nitrogens is 1. The maximum absolute atomic E-state index is 12.0. The number of rotatable bonds is 7. The van der Waals surface area contributed by atoms with Crippen molar-refractivity contribution in [3.05, 3.63) is 42.2 Å². The molecule has 1 atom stereocenters. The molecule has 1 aromatic heterocycles. The first-order chi connectivity index (χ1) is 10.6. The zero-order valence-corrected chi connectivity index (χ0v) is 14.1. The maximum atomic E-state index is 12.0. The standard InChI is InChI=1S/C17H22N2O2S/c1-13(22-3)17(20)19(2)11-7-10-15-12-16(18-21-15)14-8-5-4-6-9-14/h4-6,8-9,12-13H,7,10-11H2,1-3H3/t13-/m0/s1. The van der Waals surface area contributed by atoms with Gasteiger partial charge in [0.25, 0.3) is 0 Å². The molecule has 4 nitrogen and oxygen atoms in total. The van der Waals surface area contributed by atoms with E-state index in [1.807, 2.05) is 56.6 Å². The summed E-state index contributed by atoms with van der Waals surface area (Å²) < 4.78 is 5.37. The van der Waals surface area contributed by atoms with Crippen molar-refractivity contribution in [3.8, 4) is 11.3 Å². The molecule has 118 valence electrons. The highest BCUT2D eigenvalue weighted by molar-refractivity contribution is 7.99. The molecule has 0 aliphatic carbocycles. The Kier molecular flexibility index (Phi) is 6.07. The van der Waals surface area contributed by atoms with Gasteiger partial charge in [-0.15, -0.1) is 0 Å². The summed E-state index contributed by atoms with van der Waals surface area (Å²) >= 11 is 1.57. The lowest BCUT2D eigenvalue weighted by atomic mass is 10.1. The summed E-state index contributed by atoms with van der Waals surface area (Å²) in [4.78, 5) is 13.8. The third-order valence-corrected chi connectivity index (χ3v) is 4.53. The topological polar surface area (TPSA) is 46.3 Å². The molecule has 22 heavy (non-hydrogen) atoms. The zero-order chi connectivity index (χ0) is 15.9. The summed E-state index contributed by atoms with van der Waals surface area (Å²) in [6, 6.07) is 11.9. The molecule has 0 fully saturated rings. The Hall–Kier alpha value is -1.75. The van der Waals surface area contributed by atoms with E-state index in [-0.39, 0.29) is 11.2 Å². The van der Waals surface area contributed by atoms with Crippen LogP contribution >= 0.6 is 11.8 Å². The normalized spacial score (nSPS) is 12.1. The summed E-state index contributed by atoms with van der Waals surface area (Å²) in [5, 5.41) is 4.12. The molecule has 5 heteroatoms. The van der Waals surface area contributed by atoms with Crippen LogP contribution in [0.4, 0.5) is 0 Å².